The molecule has 0 heterocycles. The predicted octanol–water partition coefficient (Wildman–Crippen LogP) is 16.2. The monoisotopic (exact) mass is 889 g/mol. The Kier molecular flexibility index (Phi) is 46.8. The molecule has 0 saturated carbocycles. The Morgan fingerprint density at radius 1 is 0.308 bits per heavy atom. The van der Waals surface area contributed by atoms with Crippen LogP contribution in [-0.4, -0.2) is 37.2 Å². The van der Waals surface area contributed by atoms with E-state index in [1.165, 1.54) is 0 Å². The summed E-state index contributed by atoms with van der Waals surface area (Å²) < 4.78 is 16.7. The van der Waals surface area contributed by atoms with Crippen molar-refractivity contribution < 1.29 is 28.6 Å². The Morgan fingerprint density at radius 3 is 0.877 bits per heavy atom. The van der Waals surface area contributed by atoms with Crippen molar-refractivity contribution in [3.8, 4) is 0 Å². The third kappa shape index (κ3) is 49.4. The number of unbranched alkanes of at least 4 members (excludes halogenated alkanes) is 11. The minimum Gasteiger partial charge on any atom is -0.462 e. The van der Waals surface area contributed by atoms with Gasteiger partial charge in [0, 0.05) is 19.3 Å². The zero-order valence-corrected chi connectivity index (χ0v) is 40.4. The van der Waals surface area contributed by atoms with Crippen LogP contribution in [-0.2, 0) is 28.6 Å². The van der Waals surface area contributed by atoms with Crippen molar-refractivity contribution in [2.75, 3.05) is 13.2 Å². The second-order valence-electron chi connectivity index (χ2n) is 15.2. The van der Waals surface area contributed by atoms with E-state index in [0.29, 0.717) is 19.3 Å². The smallest absolute Gasteiger partial charge is 0.306 e. The molecular weight excluding hydrogens is 805 g/mol. The van der Waals surface area contributed by atoms with E-state index >= 15 is 0 Å². The quantitative estimate of drug-likeness (QED) is 0.0264. The van der Waals surface area contributed by atoms with Crippen LogP contribution >= 0.6 is 0 Å². The van der Waals surface area contributed by atoms with Gasteiger partial charge in [0.25, 0.3) is 0 Å². The molecule has 6 heteroatoms. The Hall–Kier alpha value is -5.49. The maximum atomic E-state index is 12.8. The van der Waals surface area contributed by atoms with Crippen molar-refractivity contribution in [3.63, 3.8) is 0 Å². The molecule has 0 spiro atoms. The van der Waals surface area contributed by atoms with E-state index in [0.717, 1.165) is 96.3 Å². The highest BCUT2D eigenvalue weighted by atomic mass is 16.6. The molecule has 0 aliphatic carbocycles. The molecule has 0 N–H and O–H groups in total. The molecule has 1 unspecified atom stereocenters. The molecule has 0 saturated heterocycles. The van der Waals surface area contributed by atoms with E-state index in [9.17, 15) is 14.4 Å². The highest BCUT2D eigenvalue weighted by molar-refractivity contribution is 5.71. The number of allylic oxidation sites excluding steroid dienone is 30. The lowest BCUT2D eigenvalue weighted by molar-refractivity contribution is -0.167. The summed E-state index contributed by atoms with van der Waals surface area (Å²) in [6, 6.07) is 0. The molecule has 0 aromatic heterocycles. The molecule has 65 heavy (non-hydrogen) atoms. The summed E-state index contributed by atoms with van der Waals surface area (Å²) in [4.78, 5) is 38.0. The number of hydrogen-bond acceptors (Lipinski definition) is 6. The molecule has 0 bridgehead atoms. The lowest BCUT2D eigenvalue weighted by atomic mass is 10.1. The van der Waals surface area contributed by atoms with Gasteiger partial charge in [-0.05, 0) is 77.0 Å². The SMILES string of the molecule is CC\C=C/C=C\C=C/C=C\C=C/CCCCCC(=O)OC(COC(=O)CCCCC\C=C/C=C/C=C\C=C/C=C\C=C/CC)COC(=O)CCCCCCC\C=C/C=C\C=C/C=C\CC. The van der Waals surface area contributed by atoms with Crippen molar-refractivity contribution in [2.45, 2.75) is 155 Å². The Bertz CT molecular complexity index is 1630. The summed E-state index contributed by atoms with van der Waals surface area (Å²) in [7, 11) is 0. The summed E-state index contributed by atoms with van der Waals surface area (Å²) in [6.45, 7) is 6.07. The molecule has 0 amide bonds. The van der Waals surface area contributed by atoms with E-state index in [-0.39, 0.29) is 44.0 Å². The van der Waals surface area contributed by atoms with Crippen LogP contribution in [0.2, 0.25) is 0 Å². The molecule has 6 nitrogen and oxygen atoms in total. The number of rotatable bonds is 40. The molecule has 0 aromatic rings. The van der Waals surface area contributed by atoms with Gasteiger partial charge in [-0.1, -0.05) is 235 Å². The molecule has 0 aliphatic rings. The molecule has 0 aromatic carbocycles. The zero-order chi connectivity index (χ0) is 47.2. The Labute approximate surface area is 395 Å². The number of carbonyl (C=O) groups excluding carboxylic acids is 3. The first-order valence-corrected chi connectivity index (χ1v) is 24.5. The van der Waals surface area contributed by atoms with Crippen LogP contribution in [0.25, 0.3) is 0 Å². The standard InChI is InChI=1S/C59H84O6/c1-4-7-10-13-16-19-22-25-28-29-32-34-37-40-43-46-49-52-58(61)64-55-56(65-59(62)53-50-47-44-41-38-35-31-27-24-21-18-15-12-9-6-3)54-63-57(60)51-48-45-42-39-36-33-30-26-23-20-17-14-11-8-5-2/h7-32,34-35,37-38,56H,4-6,33,36,39-55H2,1-3H3/b10-7-,11-8-,12-9-,16-13-,17-14-,18-15-,22-19-,23-20-,24-21-,28-25-,30-26-,31-27-,32-29+,37-34-,38-35-. The zero-order valence-electron chi connectivity index (χ0n) is 40.4. The molecule has 0 rings (SSSR count). The van der Waals surface area contributed by atoms with Crippen molar-refractivity contribution in [1.29, 1.82) is 0 Å². The summed E-state index contributed by atoms with van der Waals surface area (Å²) in [5.74, 6) is -1.06. The van der Waals surface area contributed by atoms with Crippen molar-refractivity contribution in [3.05, 3.63) is 182 Å². The van der Waals surface area contributed by atoms with Gasteiger partial charge in [0.1, 0.15) is 13.2 Å². The fraction of sp³-hybridized carbons (Fsp3) is 0.441. The lowest BCUT2D eigenvalue weighted by Gasteiger charge is -2.18. The minimum atomic E-state index is -0.840. The van der Waals surface area contributed by atoms with Crippen molar-refractivity contribution in [2.24, 2.45) is 0 Å². The first-order chi connectivity index (χ1) is 32.0. The highest BCUT2D eigenvalue weighted by Crippen LogP contribution is 2.11. The second kappa shape index (κ2) is 51.1. The summed E-state index contributed by atoms with van der Waals surface area (Å²) in [6.07, 6.45) is 77.2. The van der Waals surface area contributed by atoms with E-state index in [1.807, 2.05) is 134 Å². The molecule has 0 fully saturated rings. The van der Waals surface area contributed by atoms with Crippen LogP contribution < -0.4 is 0 Å². The topological polar surface area (TPSA) is 78.9 Å². The van der Waals surface area contributed by atoms with Crippen LogP contribution in [0.1, 0.15) is 149 Å². The van der Waals surface area contributed by atoms with Crippen LogP contribution in [0, 0.1) is 0 Å². The minimum absolute atomic E-state index is 0.134. The Morgan fingerprint density at radius 2 is 0.554 bits per heavy atom. The number of ether oxygens (including phenoxy) is 3. The van der Waals surface area contributed by atoms with E-state index in [2.05, 4.69) is 69.4 Å². The maximum Gasteiger partial charge on any atom is 0.306 e. The van der Waals surface area contributed by atoms with Gasteiger partial charge < -0.3 is 14.2 Å². The normalized spacial score (nSPS) is 13.7. The average Bonchev–Trinajstić information content (AvgIpc) is 3.30. The molecular formula is C59H84O6. The first kappa shape index (κ1) is 59.5. The van der Waals surface area contributed by atoms with E-state index < -0.39 is 6.10 Å². The predicted molar refractivity (Wildman–Crippen MR) is 278 cm³/mol. The van der Waals surface area contributed by atoms with Gasteiger partial charge in [0.15, 0.2) is 6.10 Å². The van der Waals surface area contributed by atoms with E-state index in [1.54, 1.807) is 0 Å². The number of carbonyl (C=O) groups is 3. The second-order valence-corrected chi connectivity index (χ2v) is 15.2. The van der Waals surface area contributed by atoms with Gasteiger partial charge in [-0.2, -0.15) is 0 Å². The van der Waals surface area contributed by atoms with Gasteiger partial charge in [-0.3, -0.25) is 14.4 Å². The Balaban J connectivity index is 4.66. The molecule has 0 aliphatic heterocycles. The maximum absolute atomic E-state index is 12.8. The first-order valence-electron chi connectivity index (χ1n) is 24.5. The summed E-state index contributed by atoms with van der Waals surface area (Å²) in [5, 5.41) is 0. The molecule has 0 radical (unpaired) electrons. The van der Waals surface area contributed by atoms with Gasteiger partial charge in [0.05, 0.1) is 0 Å². The van der Waals surface area contributed by atoms with Crippen LogP contribution in [0.5, 0.6) is 0 Å². The summed E-state index contributed by atoms with van der Waals surface area (Å²) in [5.41, 5.74) is 0. The highest BCUT2D eigenvalue weighted by Gasteiger charge is 2.19. The van der Waals surface area contributed by atoms with Gasteiger partial charge in [0.2, 0.25) is 0 Å². The number of hydrogen-bond donors (Lipinski definition) is 0. The largest absolute Gasteiger partial charge is 0.462 e. The lowest BCUT2D eigenvalue weighted by Crippen LogP contribution is -2.30. The molecule has 1 atom stereocenters. The van der Waals surface area contributed by atoms with Crippen LogP contribution in [0.4, 0.5) is 0 Å². The summed E-state index contributed by atoms with van der Waals surface area (Å²) >= 11 is 0. The van der Waals surface area contributed by atoms with Gasteiger partial charge >= 0.3 is 17.9 Å². The van der Waals surface area contributed by atoms with Gasteiger partial charge in [-0.25, -0.2) is 0 Å². The number of esters is 3. The fourth-order valence-corrected chi connectivity index (χ4v) is 5.68. The average molecular weight is 889 g/mol. The third-order valence-corrected chi connectivity index (χ3v) is 9.27. The fourth-order valence-electron chi connectivity index (χ4n) is 5.68. The van der Waals surface area contributed by atoms with Crippen LogP contribution in [0.3, 0.4) is 0 Å². The van der Waals surface area contributed by atoms with Crippen molar-refractivity contribution >= 4 is 17.9 Å². The van der Waals surface area contributed by atoms with Gasteiger partial charge in [-0.15, -0.1) is 0 Å². The van der Waals surface area contributed by atoms with Crippen LogP contribution in [0.15, 0.2) is 182 Å². The molecule has 356 valence electrons. The van der Waals surface area contributed by atoms with E-state index in [4.69, 9.17) is 14.2 Å². The third-order valence-electron chi connectivity index (χ3n) is 9.27. The van der Waals surface area contributed by atoms with Crippen molar-refractivity contribution in [1.82, 2.24) is 0 Å².